The summed E-state index contributed by atoms with van der Waals surface area (Å²) in [6.07, 6.45) is 0.795. The van der Waals surface area contributed by atoms with Crippen LogP contribution in [0.3, 0.4) is 0 Å². The molecule has 1 nitrogen and oxygen atoms in total. The predicted octanol–water partition coefficient (Wildman–Crippen LogP) is 2.75. The molecule has 1 saturated carbocycles. The van der Waals surface area contributed by atoms with E-state index in [1.165, 1.54) is 0 Å². The second-order valence-electron chi connectivity index (χ2n) is 3.68. The summed E-state index contributed by atoms with van der Waals surface area (Å²) in [4.78, 5) is 0. The van der Waals surface area contributed by atoms with Crippen molar-refractivity contribution >= 4 is 23.2 Å². The van der Waals surface area contributed by atoms with E-state index in [1.54, 1.807) is 0 Å². The Kier molecular flexibility index (Phi) is 1.95. The summed E-state index contributed by atoms with van der Waals surface area (Å²) in [5.74, 6) is 0. The lowest BCUT2D eigenvalue weighted by Crippen LogP contribution is -2.22. The fourth-order valence-electron chi connectivity index (χ4n) is 0.743. The van der Waals surface area contributed by atoms with Crippen LogP contribution in [0.1, 0.15) is 27.2 Å². The SMILES string of the molecule is CC(C)(C)O[C@H]1CC1(Cl)Cl. The molecule has 1 aliphatic carbocycles. The fraction of sp³-hybridized carbons (Fsp3) is 1.00. The van der Waals surface area contributed by atoms with Crippen LogP contribution in [0.5, 0.6) is 0 Å². The van der Waals surface area contributed by atoms with Gasteiger partial charge in [-0.1, -0.05) is 23.2 Å². The molecule has 3 heteroatoms. The standard InChI is InChI=1S/C7H12Cl2O/c1-6(2,3)10-5-4-7(5,8)9/h5H,4H2,1-3H3/t5-/m0/s1. The number of alkyl halides is 2. The lowest BCUT2D eigenvalue weighted by molar-refractivity contribution is -0.0162. The van der Waals surface area contributed by atoms with Gasteiger partial charge < -0.3 is 4.74 Å². The van der Waals surface area contributed by atoms with Gasteiger partial charge in [-0.3, -0.25) is 0 Å². The molecule has 0 aromatic heterocycles. The van der Waals surface area contributed by atoms with Crippen LogP contribution < -0.4 is 0 Å². The number of hydrogen-bond acceptors (Lipinski definition) is 1. The molecule has 1 fully saturated rings. The molecule has 0 saturated heterocycles. The van der Waals surface area contributed by atoms with E-state index in [4.69, 9.17) is 27.9 Å². The normalized spacial score (nSPS) is 30.3. The average molecular weight is 183 g/mol. The topological polar surface area (TPSA) is 9.23 Å². The van der Waals surface area contributed by atoms with Gasteiger partial charge in [0.05, 0.1) is 11.7 Å². The van der Waals surface area contributed by atoms with Crippen LogP contribution in [-0.2, 0) is 4.74 Å². The van der Waals surface area contributed by atoms with Crippen molar-refractivity contribution in [1.29, 1.82) is 0 Å². The molecule has 0 aromatic rings. The number of ether oxygens (including phenoxy) is 1. The summed E-state index contributed by atoms with van der Waals surface area (Å²) in [6, 6.07) is 0. The Balaban J connectivity index is 2.31. The minimum Gasteiger partial charge on any atom is -0.369 e. The zero-order valence-corrected chi connectivity index (χ0v) is 7.96. The van der Waals surface area contributed by atoms with E-state index in [1.807, 2.05) is 20.8 Å². The van der Waals surface area contributed by atoms with Crippen molar-refractivity contribution in [2.75, 3.05) is 0 Å². The molecular weight excluding hydrogens is 171 g/mol. The van der Waals surface area contributed by atoms with Crippen molar-refractivity contribution < 1.29 is 4.74 Å². The van der Waals surface area contributed by atoms with Crippen molar-refractivity contribution in [1.82, 2.24) is 0 Å². The molecule has 0 aliphatic heterocycles. The Morgan fingerprint density at radius 3 is 1.90 bits per heavy atom. The summed E-state index contributed by atoms with van der Waals surface area (Å²) >= 11 is 11.5. The van der Waals surface area contributed by atoms with E-state index in [2.05, 4.69) is 0 Å². The highest BCUT2D eigenvalue weighted by Gasteiger charge is 2.54. The highest BCUT2D eigenvalue weighted by Crippen LogP contribution is 2.50. The van der Waals surface area contributed by atoms with Gasteiger partial charge in [-0.25, -0.2) is 0 Å². The first kappa shape index (κ1) is 8.63. The molecule has 60 valence electrons. The van der Waals surface area contributed by atoms with Crippen molar-refractivity contribution in [2.45, 2.75) is 43.2 Å². The molecule has 10 heavy (non-hydrogen) atoms. The van der Waals surface area contributed by atoms with E-state index >= 15 is 0 Å². The molecule has 0 unspecified atom stereocenters. The monoisotopic (exact) mass is 182 g/mol. The van der Waals surface area contributed by atoms with Gasteiger partial charge in [0.1, 0.15) is 4.33 Å². The highest BCUT2D eigenvalue weighted by atomic mass is 35.5. The third-order valence-electron chi connectivity index (χ3n) is 1.26. The van der Waals surface area contributed by atoms with Gasteiger partial charge in [0.25, 0.3) is 0 Å². The first-order chi connectivity index (χ1) is 4.31. The van der Waals surface area contributed by atoms with Crippen LogP contribution in [0.4, 0.5) is 0 Å². The number of halogens is 2. The second-order valence-corrected chi connectivity index (χ2v) is 5.23. The van der Waals surface area contributed by atoms with Crippen LogP contribution >= 0.6 is 23.2 Å². The van der Waals surface area contributed by atoms with Crippen molar-refractivity contribution in [3.63, 3.8) is 0 Å². The average Bonchev–Trinajstić information content (AvgIpc) is 2.05. The molecular formula is C7H12Cl2O. The zero-order valence-electron chi connectivity index (χ0n) is 6.45. The molecule has 0 heterocycles. The van der Waals surface area contributed by atoms with Gasteiger partial charge in [0.2, 0.25) is 0 Å². The minimum absolute atomic E-state index is 0.0378. The number of hydrogen-bond donors (Lipinski definition) is 0. The summed E-state index contributed by atoms with van der Waals surface area (Å²) in [5, 5.41) is 0. The largest absolute Gasteiger partial charge is 0.369 e. The molecule has 0 bridgehead atoms. The van der Waals surface area contributed by atoms with Crippen LogP contribution in [0, 0.1) is 0 Å². The van der Waals surface area contributed by atoms with Gasteiger partial charge in [-0.15, -0.1) is 0 Å². The predicted molar refractivity (Wildman–Crippen MR) is 43.7 cm³/mol. The van der Waals surface area contributed by atoms with Crippen molar-refractivity contribution in [2.24, 2.45) is 0 Å². The fourth-order valence-corrected chi connectivity index (χ4v) is 1.11. The third kappa shape index (κ3) is 2.30. The van der Waals surface area contributed by atoms with E-state index in [0.29, 0.717) is 0 Å². The first-order valence-electron chi connectivity index (χ1n) is 3.37. The summed E-state index contributed by atoms with van der Waals surface area (Å²) < 4.78 is 4.90. The van der Waals surface area contributed by atoms with E-state index < -0.39 is 4.33 Å². The molecule has 0 spiro atoms. The molecule has 0 radical (unpaired) electrons. The van der Waals surface area contributed by atoms with Gasteiger partial charge in [0.15, 0.2) is 0 Å². The summed E-state index contributed by atoms with van der Waals surface area (Å²) in [7, 11) is 0. The smallest absolute Gasteiger partial charge is 0.146 e. The van der Waals surface area contributed by atoms with Crippen molar-refractivity contribution in [3.8, 4) is 0 Å². The summed E-state index contributed by atoms with van der Waals surface area (Å²) in [6.45, 7) is 5.99. The molecule has 0 amide bonds. The Morgan fingerprint density at radius 1 is 1.40 bits per heavy atom. The van der Waals surface area contributed by atoms with E-state index in [-0.39, 0.29) is 11.7 Å². The van der Waals surface area contributed by atoms with E-state index in [0.717, 1.165) is 6.42 Å². The maximum atomic E-state index is 5.75. The van der Waals surface area contributed by atoms with Crippen LogP contribution in [0.15, 0.2) is 0 Å². The van der Waals surface area contributed by atoms with Crippen LogP contribution in [0.2, 0.25) is 0 Å². The van der Waals surface area contributed by atoms with Crippen LogP contribution in [-0.4, -0.2) is 16.0 Å². The molecule has 1 aliphatic rings. The maximum absolute atomic E-state index is 5.75. The lowest BCUT2D eigenvalue weighted by atomic mass is 10.2. The quantitative estimate of drug-likeness (QED) is 0.568. The lowest BCUT2D eigenvalue weighted by Gasteiger charge is -2.19. The number of rotatable bonds is 1. The molecule has 0 N–H and O–H groups in total. The summed E-state index contributed by atoms with van der Waals surface area (Å²) in [5.41, 5.74) is -0.129. The Labute approximate surface area is 71.6 Å². The first-order valence-corrected chi connectivity index (χ1v) is 4.12. The second kappa shape index (κ2) is 2.26. The Bertz CT molecular complexity index is 137. The van der Waals surface area contributed by atoms with Gasteiger partial charge >= 0.3 is 0 Å². The maximum Gasteiger partial charge on any atom is 0.146 e. The molecule has 0 aromatic carbocycles. The van der Waals surface area contributed by atoms with Gasteiger partial charge in [0, 0.05) is 6.42 Å². The highest BCUT2D eigenvalue weighted by molar-refractivity contribution is 6.51. The molecule has 1 atom stereocenters. The van der Waals surface area contributed by atoms with Gasteiger partial charge in [-0.2, -0.15) is 0 Å². The van der Waals surface area contributed by atoms with Crippen molar-refractivity contribution in [3.05, 3.63) is 0 Å². The third-order valence-corrected chi connectivity index (χ3v) is 2.06. The van der Waals surface area contributed by atoms with E-state index in [9.17, 15) is 0 Å². The Hall–Kier alpha value is 0.540. The minimum atomic E-state index is -0.604. The van der Waals surface area contributed by atoms with Crippen LogP contribution in [0.25, 0.3) is 0 Å². The molecule has 1 rings (SSSR count). The van der Waals surface area contributed by atoms with Gasteiger partial charge in [-0.05, 0) is 20.8 Å². The Morgan fingerprint density at radius 2 is 1.80 bits per heavy atom. The zero-order chi connectivity index (χ0) is 7.99.